The summed E-state index contributed by atoms with van der Waals surface area (Å²) in [6.45, 7) is 4.23. The molecule has 2 heterocycles. The van der Waals surface area contributed by atoms with Gasteiger partial charge in [-0.05, 0) is 67.6 Å². The predicted octanol–water partition coefficient (Wildman–Crippen LogP) is 5.84. The zero-order valence-corrected chi connectivity index (χ0v) is 17.2. The van der Waals surface area contributed by atoms with Gasteiger partial charge < -0.3 is 5.43 Å². The van der Waals surface area contributed by atoms with E-state index in [4.69, 9.17) is 11.6 Å². The number of hydrogen-bond donors (Lipinski definition) is 1. The van der Waals surface area contributed by atoms with Crippen LogP contribution in [0.4, 0.5) is 4.39 Å². The number of nitrogens with zero attached hydrogens (tertiary/aromatic N) is 2. The van der Waals surface area contributed by atoms with Crippen LogP contribution in [0.25, 0.3) is 10.9 Å². The van der Waals surface area contributed by atoms with Gasteiger partial charge in [0.15, 0.2) is 0 Å². The lowest BCUT2D eigenvalue weighted by Crippen LogP contribution is -2.32. The van der Waals surface area contributed by atoms with Crippen molar-refractivity contribution in [3.63, 3.8) is 0 Å². The Hall–Kier alpha value is -2.85. The number of nitrogens with one attached hydrogen (secondary N) is 1. The van der Waals surface area contributed by atoms with Gasteiger partial charge in [0.05, 0.1) is 17.8 Å². The van der Waals surface area contributed by atoms with Gasteiger partial charge in [-0.15, -0.1) is 0 Å². The van der Waals surface area contributed by atoms with Crippen molar-refractivity contribution in [2.75, 3.05) is 5.43 Å². The summed E-state index contributed by atoms with van der Waals surface area (Å²) in [6.07, 6.45) is 5.19. The molecule has 0 fully saturated rings. The summed E-state index contributed by atoms with van der Waals surface area (Å²) in [5.41, 5.74) is 9.25. The van der Waals surface area contributed by atoms with Crippen molar-refractivity contribution >= 4 is 22.5 Å². The van der Waals surface area contributed by atoms with Gasteiger partial charge in [-0.1, -0.05) is 41.9 Å². The van der Waals surface area contributed by atoms with Gasteiger partial charge in [-0.25, -0.2) is 4.39 Å². The molecule has 1 N–H and O–H groups in total. The second-order valence-corrected chi connectivity index (χ2v) is 7.80. The number of aryl methyl sites for hydroxylation is 1. The number of fused-ring (bicyclic) bond motifs is 1. The van der Waals surface area contributed by atoms with Crippen molar-refractivity contribution in [3.8, 4) is 0 Å². The monoisotopic (exact) mass is 407 g/mol. The van der Waals surface area contributed by atoms with Crippen molar-refractivity contribution < 1.29 is 4.39 Å². The second kappa shape index (κ2) is 8.26. The molecule has 1 unspecified atom stereocenters. The molecule has 5 heteroatoms. The van der Waals surface area contributed by atoms with Crippen LogP contribution in [0, 0.1) is 19.7 Å². The quantitative estimate of drug-likeness (QED) is 0.435. The van der Waals surface area contributed by atoms with E-state index in [9.17, 15) is 4.39 Å². The lowest BCUT2D eigenvalue weighted by atomic mass is 9.99. The maximum Gasteiger partial charge on any atom is 0.123 e. The summed E-state index contributed by atoms with van der Waals surface area (Å²) in [6, 6.07) is 16.7. The minimum Gasteiger partial charge on any atom is -0.322 e. The molecule has 0 spiro atoms. The van der Waals surface area contributed by atoms with E-state index in [-0.39, 0.29) is 11.9 Å². The highest BCUT2D eigenvalue weighted by Crippen LogP contribution is 2.25. The van der Waals surface area contributed by atoms with Crippen LogP contribution in [0.3, 0.4) is 0 Å². The van der Waals surface area contributed by atoms with E-state index in [1.54, 1.807) is 0 Å². The molecule has 0 aliphatic heterocycles. The molecule has 0 radical (unpaired) electrons. The van der Waals surface area contributed by atoms with E-state index in [0.717, 1.165) is 40.2 Å². The van der Waals surface area contributed by atoms with E-state index < -0.39 is 0 Å². The van der Waals surface area contributed by atoms with Gasteiger partial charge in [0.2, 0.25) is 0 Å². The third kappa shape index (κ3) is 4.13. The minimum absolute atomic E-state index is 0.0641. The molecule has 1 atom stereocenters. The van der Waals surface area contributed by atoms with Crippen LogP contribution in [0.5, 0.6) is 0 Å². The van der Waals surface area contributed by atoms with Crippen LogP contribution in [-0.4, -0.2) is 15.7 Å². The first-order chi connectivity index (χ1) is 14.0. The zero-order valence-electron chi connectivity index (χ0n) is 16.5. The molecule has 0 aliphatic carbocycles. The Balaban J connectivity index is 1.69. The molecule has 3 nitrogen and oxygen atoms in total. The van der Waals surface area contributed by atoms with Crippen molar-refractivity contribution in [2.24, 2.45) is 0 Å². The number of aromatic nitrogens is 2. The van der Waals surface area contributed by atoms with E-state index in [0.29, 0.717) is 0 Å². The minimum atomic E-state index is -0.224. The number of pyridine rings is 1. The highest BCUT2D eigenvalue weighted by Gasteiger charge is 2.17. The van der Waals surface area contributed by atoms with Crippen LogP contribution in [-0.2, 0) is 12.8 Å². The molecule has 0 saturated heterocycles. The van der Waals surface area contributed by atoms with Gasteiger partial charge in [0, 0.05) is 22.3 Å². The Labute approximate surface area is 175 Å². The summed E-state index contributed by atoms with van der Waals surface area (Å²) in [5.74, 6) is -0.224. The van der Waals surface area contributed by atoms with Crippen molar-refractivity contribution in [1.29, 1.82) is 0 Å². The topological polar surface area (TPSA) is 29.9 Å². The van der Waals surface area contributed by atoms with E-state index in [1.807, 2.05) is 48.8 Å². The Kier molecular flexibility index (Phi) is 5.54. The van der Waals surface area contributed by atoms with Crippen LogP contribution in [0.15, 0.2) is 67.0 Å². The van der Waals surface area contributed by atoms with E-state index in [2.05, 4.69) is 35.0 Å². The first-order valence-electron chi connectivity index (χ1n) is 9.69. The summed E-state index contributed by atoms with van der Waals surface area (Å²) in [7, 11) is 0. The molecule has 148 valence electrons. The Bertz CT molecular complexity index is 1130. The molecule has 4 aromatic rings. The number of halogens is 2. The molecule has 4 rings (SSSR count). The highest BCUT2D eigenvalue weighted by molar-refractivity contribution is 6.31. The van der Waals surface area contributed by atoms with E-state index >= 15 is 0 Å². The molecule has 0 aliphatic rings. The van der Waals surface area contributed by atoms with Gasteiger partial charge in [0.25, 0.3) is 0 Å². The standard InChI is InChI=1S/C24H23ClFN3/c1-16-17(2)29(24-15-27-12-11-22(16)24)28-21(13-18-7-9-20(26)10-8-18)14-19-5-3-4-6-23(19)25/h3-12,15,21,28H,13-14H2,1-2H3. The first-order valence-corrected chi connectivity index (χ1v) is 10.1. The molecule has 29 heavy (non-hydrogen) atoms. The third-order valence-electron chi connectivity index (χ3n) is 5.45. The average Bonchev–Trinajstić information content (AvgIpc) is 2.96. The molecular formula is C24H23ClFN3. The predicted molar refractivity (Wildman–Crippen MR) is 118 cm³/mol. The number of hydrogen-bond acceptors (Lipinski definition) is 2. The summed E-state index contributed by atoms with van der Waals surface area (Å²) in [5, 5.41) is 1.94. The maximum absolute atomic E-state index is 13.4. The second-order valence-electron chi connectivity index (χ2n) is 7.39. The lowest BCUT2D eigenvalue weighted by Gasteiger charge is -2.23. The maximum atomic E-state index is 13.4. The fraction of sp³-hybridized carbons (Fsp3) is 0.208. The van der Waals surface area contributed by atoms with Crippen LogP contribution in [0.2, 0.25) is 5.02 Å². The van der Waals surface area contributed by atoms with Crippen molar-refractivity contribution in [2.45, 2.75) is 32.7 Å². The van der Waals surface area contributed by atoms with Crippen LogP contribution < -0.4 is 5.43 Å². The Morgan fingerprint density at radius 2 is 1.79 bits per heavy atom. The molecule has 2 aromatic heterocycles. The fourth-order valence-electron chi connectivity index (χ4n) is 3.77. The first kappa shape index (κ1) is 19.5. The molecule has 2 aromatic carbocycles. The van der Waals surface area contributed by atoms with Crippen molar-refractivity contribution in [3.05, 3.63) is 100 Å². The average molecular weight is 408 g/mol. The van der Waals surface area contributed by atoms with Crippen LogP contribution in [0.1, 0.15) is 22.4 Å². The number of benzene rings is 2. The zero-order chi connectivity index (χ0) is 20.4. The summed E-state index contributed by atoms with van der Waals surface area (Å²) >= 11 is 6.43. The normalized spacial score (nSPS) is 12.3. The highest BCUT2D eigenvalue weighted by atomic mass is 35.5. The summed E-state index contributed by atoms with van der Waals surface area (Å²) < 4.78 is 15.5. The molecular weight excluding hydrogens is 385 g/mol. The van der Waals surface area contributed by atoms with Crippen molar-refractivity contribution in [1.82, 2.24) is 9.66 Å². The Morgan fingerprint density at radius 1 is 1.03 bits per heavy atom. The number of rotatable bonds is 6. The molecule has 0 amide bonds. The molecule has 0 bridgehead atoms. The smallest absolute Gasteiger partial charge is 0.123 e. The van der Waals surface area contributed by atoms with Gasteiger partial charge >= 0.3 is 0 Å². The van der Waals surface area contributed by atoms with Gasteiger partial charge in [0.1, 0.15) is 5.82 Å². The van der Waals surface area contributed by atoms with Gasteiger partial charge in [-0.2, -0.15) is 0 Å². The molecule has 0 saturated carbocycles. The van der Waals surface area contributed by atoms with E-state index in [1.165, 1.54) is 23.1 Å². The van der Waals surface area contributed by atoms with Gasteiger partial charge in [-0.3, -0.25) is 9.66 Å². The fourth-order valence-corrected chi connectivity index (χ4v) is 3.98. The van der Waals surface area contributed by atoms with Crippen LogP contribution >= 0.6 is 11.6 Å². The lowest BCUT2D eigenvalue weighted by molar-refractivity contribution is 0.617. The summed E-state index contributed by atoms with van der Waals surface area (Å²) in [4.78, 5) is 4.30. The largest absolute Gasteiger partial charge is 0.322 e. The third-order valence-corrected chi connectivity index (χ3v) is 5.82. The Morgan fingerprint density at radius 3 is 2.55 bits per heavy atom. The SMILES string of the molecule is Cc1c(C)n(NC(Cc2ccc(F)cc2)Cc2ccccc2Cl)c2cnccc12.